The standard InChI is InChI=1S/C37H36F3N5O4/c1-21-13-29-33(42(2)36(21)46)16-26(49-3)17-34(29)44-10-4-5-22-14-27(28(35(39)40)18-32(22)44)24-19-41-45(20-24)25-8-11-43(12-9-25)31-7-6-23(37(47)48)15-30(31)38/h6-7,13-20,25,35H,4-5,8-12H2,1-3H3,(H,47,48). The molecule has 0 spiro atoms. The minimum absolute atomic E-state index is 0.00441. The van der Waals surface area contributed by atoms with Crippen LogP contribution in [0.4, 0.5) is 30.2 Å². The van der Waals surface area contributed by atoms with Crippen LogP contribution in [0.5, 0.6) is 5.75 Å². The summed E-state index contributed by atoms with van der Waals surface area (Å²) in [6.45, 7) is 3.45. The van der Waals surface area contributed by atoms with Crippen LogP contribution in [-0.4, -0.2) is 52.2 Å². The number of carboxylic acid groups (broad SMARTS) is 1. The SMILES string of the molecule is COc1cc(N2CCCc3cc(-c4cnn(C5CCN(c6ccc(C(=O)O)cc6F)CC5)c4)c(C(F)F)cc32)c2cc(C)c(=O)n(C)c2c1. The molecule has 0 atom stereocenters. The first-order valence-electron chi connectivity index (χ1n) is 16.3. The number of benzene rings is 3. The highest BCUT2D eigenvalue weighted by Crippen LogP contribution is 2.44. The van der Waals surface area contributed by atoms with E-state index >= 15 is 0 Å². The highest BCUT2D eigenvalue weighted by atomic mass is 19.3. The lowest BCUT2D eigenvalue weighted by Gasteiger charge is -2.34. The van der Waals surface area contributed by atoms with Gasteiger partial charge in [0.2, 0.25) is 0 Å². The highest BCUT2D eigenvalue weighted by molar-refractivity contribution is 5.97. The van der Waals surface area contributed by atoms with Crippen LogP contribution in [0, 0.1) is 12.7 Å². The number of piperidine rings is 1. The third-order valence-corrected chi connectivity index (χ3v) is 9.89. The van der Waals surface area contributed by atoms with Crippen LogP contribution in [0.25, 0.3) is 22.0 Å². The number of aromatic carboxylic acids is 1. The van der Waals surface area contributed by atoms with Crippen molar-refractivity contribution in [1.82, 2.24) is 14.3 Å². The zero-order valence-electron chi connectivity index (χ0n) is 27.4. The van der Waals surface area contributed by atoms with Crippen molar-refractivity contribution in [2.75, 3.05) is 36.5 Å². The first-order chi connectivity index (χ1) is 23.5. The van der Waals surface area contributed by atoms with Crippen LogP contribution < -0.4 is 20.1 Å². The Labute approximate surface area is 280 Å². The number of nitrogens with zero attached hydrogens (tertiary/aromatic N) is 5. The van der Waals surface area contributed by atoms with Crippen LogP contribution in [0.2, 0.25) is 0 Å². The van der Waals surface area contributed by atoms with Crippen LogP contribution in [-0.2, 0) is 13.5 Å². The summed E-state index contributed by atoms with van der Waals surface area (Å²) in [6, 6.07) is 12.9. The maximum Gasteiger partial charge on any atom is 0.335 e. The van der Waals surface area contributed by atoms with E-state index in [0.29, 0.717) is 71.8 Å². The van der Waals surface area contributed by atoms with E-state index in [0.717, 1.165) is 35.5 Å². The monoisotopic (exact) mass is 671 g/mol. The van der Waals surface area contributed by atoms with Crippen LogP contribution in [0.15, 0.2) is 65.7 Å². The van der Waals surface area contributed by atoms with Crippen LogP contribution in [0.1, 0.15) is 58.8 Å². The molecule has 4 heterocycles. The van der Waals surface area contributed by atoms with Crippen LogP contribution >= 0.6 is 0 Å². The van der Waals surface area contributed by atoms with E-state index in [1.54, 1.807) is 37.9 Å². The Balaban J connectivity index is 1.19. The molecule has 2 aromatic heterocycles. The van der Waals surface area contributed by atoms with Crippen molar-refractivity contribution in [3.63, 3.8) is 0 Å². The average Bonchev–Trinajstić information content (AvgIpc) is 3.60. The summed E-state index contributed by atoms with van der Waals surface area (Å²) in [5.41, 5.74) is 4.82. The summed E-state index contributed by atoms with van der Waals surface area (Å²) in [6.07, 6.45) is 3.55. The summed E-state index contributed by atoms with van der Waals surface area (Å²) in [4.78, 5) is 27.9. The summed E-state index contributed by atoms with van der Waals surface area (Å²) in [5.74, 6) is -1.19. The number of methoxy groups -OCH3 is 1. The van der Waals surface area contributed by atoms with Crippen molar-refractivity contribution < 1.29 is 27.8 Å². The molecule has 1 fully saturated rings. The first kappa shape index (κ1) is 32.3. The lowest BCUT2D eigenvalue weighted by Crippen LogP contribution is -2.35. The normalized spacial score (nSPS) is 15.2. The van der Waals surface area contributed by atoms with Gasteiger partial charge in [-0.1, -0.05) is 0 Å². The zero-order valence-corrected chi connectivity index (χ0v) is 27.4. The molecule has 1 saturated heterocycles. The number of aryl methyl sites for hydroxylation is 3. The van der Waals surface area contributed by atoms with Gasteiger partial charge in [0.15, 0.2) is 0 Å². The fourth-order valence-electron chi connectivity index (χ4n) is 7.29. The van der Waals surface area contributed by atoms with Crippen molar-refractivity contribution >= 4 is 33.9 Å². The number of alkyl halides is 2. The molecule has 2 aliphatic heterocycles. The number of carboxylic acids is 1. The quantitative estimate of drug-likeness (QED) is 0.193. The molecule has 5 aromatic rings. The Morgan fingerprint density at radius 2 is 1.80 bits per heavy atom. The van der Waals surface area contributed by atoms with E-state index in [4.69, 9.17) is 9.84 Å². The molecule has 0 aliphatic carbocycles. The fraction of sp³-hybridized carbons (Fsp3) is 0.324. The van der Waals surface area contributed by atoms with Gasteiger partial charge in [-0.05, 0) is 80.1 Å². The van der Waals surface area contributed by atoms with Gasteiger partial charge in [0.25, 0.3) is 12.0 Å². The molecule has 0 radical (unpaired) electrons. The second-order valence-electron chi connectivity index (χ2n) is 12.8. The summed E-state index contributed by atoms with van der Waals surface area (Å²) in [5, 5.41) is 14.6. The predicted octanol–water partition coefficient (Wildman–Crippen LogP) is 7.42. The Kier molecular flexibility index (Phi) is 8.33. The smallest absolute Gasteiger partial charge is 0.335 e. The number of hydrogen-bond donors (Lipinski definition) is 1. The van der Waals surface area contributed by atoms with Gasteiger partial charge in [-0.3, -0.25) is 9.48 Å². The molecule has 1 N–H and O–H groups in total. The van der Waals surface area contributed by atoms with Crippen molar-refractivity contribution in [2.45, 2.75) is 45.1 Å². The Morgan fingerprint density at radius 1 is 1.02 bits per heavy atom. The number of pyridine rings is 1. The van der Waals surface area contributed by atoms with E-state index in [1.807, 2.05) is 40.0 Å². The predicted molar refractivity (Wildman–Crippen MR) is 182 cm³/mol. The van der Waals surface area contributed by atoms with Gasteiger partial charge in [0.05, 0.1) is 41.8 Å². The second-order valence-corrected chi connectivity index (χ2v) is 12.8. The largest absolute Gasteiger partial charge is 0.497 e. The van der Waals surface area contributed by atoms with Gasteiger partial charge in [0.1, 0.15) is 11.6 Å². The van der Waals surface area contributed by atoms with Gasteiger partial charge < -0.3 is 24.2 Å². The lowest BCUT2D eigenvalue weighted by atomic mass is 9.92. The van der Waals surface area contributed by atoms with Gasteiger partial charge in [-0.15, -0.1) is 0 Å². The molecular weight excluding hydrogens is 635 g/mol. The Morgan fingerprint density at radius 3 is 2.49 bits per heavy atom. The van der Waals surface area contributed by atoms with Gasteiger partial charge in [-0.25, -0.2) is 18.0 Å². The molecule has 2 aliphatic rings. The van der Waals surface area contributed by atoms with E-state index in [1.165, 1.54) is 12.1 Å². The highest BCUT2D eigenvalue weighted by Gasteiger charge is 2.28. The van der Waals surface area contributed by atoms with Gasteiger partial charge in [0, 0.05) is 72.8 Å². The van der Waals surface area contributed by atoms with E-state index < -0.39 is 18.2 Å². The number of halogens is 3. The van der Waals surface area contributed by atoms with Crippen molar-refractivity contribution in [2.24, 2.45) is 7.05 Å². The maximum atomic E-state index is 14.8. The summed E-state index contributed by atoms with van der Waals surface area (Å²) >= 11 is 0. The third-order valence-electron chi connectivity index (χ3n) is 9.89. The molecular formula is C37H36F3N5O4. The van der Waals surface area contributed by atoms with Crippen molar-refractivity contribution in [3.05, 3.63) is 99.3 Å². The topological polar surface area (TPSA) is 92.8 Å². The molecule has 3 aromatic carbocycles. The number of ether oxygens (including phenoxy) is 1. The minimum atomic E-state index is -2.73. The number of rotatable bonds is 7. The molecule has 0 saturated carbocycles. The van der Waals surface area contributed by atoms with E-state index in [9.17, 15) is 22.8 Å². The molecule has 0 unspecified atom stereocenters. The molecule has 7 rings (SSSR count). The summed E-state index contributed by atoms with van der Waals surface area (Å²) in [7, 11) is 3.28. The molecule has 0 bridgehead atoms. The van der Waals surface area contributed by atoms with Gasteiger partial charge >= 0.3 is 5.97 Å². The number of hydrogen-bond acceptors (Lipinski definition) is 6. The number of carbonyl (C=O) groups is 1. The number of aromatic nitrogens is 3. The molecule has 12 heteroatoms. The minimum Gasteiger partial charge on any atom is -0.497 e. The van der Waals surface area contributed by atoms with Crippen molar-refractivity contribution in [1.29, 1.82) is 0 Å². The van der Waals surface area contributed by atoms with Crippen molar-refractivity contribution in [3.8, 4) is 16.9 Å². The second kappa shape index (κ2) is 12.6. The maximum absolute atomic E-state index is 14.8. The molecule has 9 nitrogen and oxygen atoms in total. The van der Waals surface area contributed by atoms with E-state index in [2.05, 4.69) is 10.00 Å². The van der Waals surface area contributed by atoms with E-state index in [-0.39, 0.29) is 22.7 Å². The number of anilines is 3. The number of fused-ring (bicyclic) bond motifs is 2. The fourth-order valence-corrected chi connectivity index (χ4v) is 7.29. The zero-order chi connectivity index (χ0) is 34.6. The average molecular weight is 672 g/mol. The first-order valence-corrected chi connectivity index (χ1v) is 16.3. The Hall–Kier alpha value is -5.26. The van der Waals surface area contributed by atoms with Crippen LogP contribution in [0.3, 0.4) is 0 Å². The third kappa shape index (κ3) is 5.78. The molecule has 0 amide bonds. The summed E-state index contributed by atoms with van der Waals surface area (Å²) < 4.78 is 53.4. The lowest BCUT2D eigenvalue weighted by molar-refractivity contribution is 0.0696. The van der Waals surface area contributed by atoms with Gasteiger partial charge in [-0.2, -0.15) is 5.10 Å². The molecule has 254 valence electrons. The molecule has 49 heavy (non-hydrogen) atoms. The Bertz CT molecular complexity index is 2150.